The molecule has 0 spiro atoms. The van der Waals surface area contributed by atoms with Crippen molar-refractivity contribution < 1.29 is 24.2 Å². The largest absolute Gasteiger partial charge is 0.482 e. The summed E-state index contributed by atoms with van der Waals surface area (Å²) in [5.74, 6) is -1.15. The van der Waals surface area contributed by atoms with Gasteiger partial charge in [-0.15, -0.1) is 0 Å². The van der Waals surface area contributed by atoms with Crippen LogP contribution in [-0.4, -0.2) is 35.0 Å². The number of carbonyl (C=O) groups is 3. The molecule has 1 aliphatic heterocycles. The van der Waals surface area contributed by atoms with Crippen molar-refractivity contribution in [2.24, 2.45) is 21.7 Å². The molecular weight excluding hydrogens is 394 g/mol. The summed E-state index contributed by atoms with van der Waals surface area (Å²) in [6, 6.07) is 7.10. The van der Waals surface area contributed by atoms with Gasteiger partial charge in [-0.05, 0) is 41.4 Å². The Morgan fingerprint density at radius 2 is 1.65 bits per heavy atom. The molecule has 0 saturated heterocycles. The van der Waals surface area contributed by atoms with Crippen molar-refractivity contribution in [3.8, 4) is 5.75 Å². The number of ether oxygens (including phenoxy) is 1. The predicted molar refractivity (Wildman–Crippen MR) is 116 cm³/mol. The van der Waals surface area contributed by atoms with Crippen molar-refractivity contribution in [1.29, 1.82) is 0 Å². The molecule has 1 fully saturated rings. The van der Waals surface area contributed by atoms with Crippen molar-refractivity contribution in [3.63, 3.8) is 0 Å². The van der Waals surface area contributed by atoms with E-state index in [-0.39, 0.29) is 28.3 Å². The molecule has 3 aliphatic rings. The van der Waals surface area contributed by atoms with E-state index in [4.69, 9.17) is 14.8 Å². The monoisotopic (exact) mass is 423 g/mol. The minimum atomic E-state index is -1.04. The lowest BCUT2D eigenvalue weighted by Gasteiger charge is -2.44. The van der Waals surface area contributed by atoms with Gasteiger partial charge in [0.1, 0.15) is 11.5 Å². The number of aliphatic imine (C=N–C) groups is 1. The molecule has 4 rings (SSSR count). The highest BCUT2D eigenvalue weighted by Crippen LogP contribution is 2.51. The van der Waals surface area contributed by atoms with Crippen LogP contribution in [0.5, 0.6) is 5.75 Å². The number of fused-ring (bicyclic) bond motifs is 1. The van der Waals surface area contributed by atoms with Crippen LogP contribution >= 0.6 is 0 Å². The average Bonchev–Trinajstić information content (AvgIpc) is 2.63. The number of carboxylic acid groups (broad SMARTS) is 1. The Morgan fingerprint density at radius 3 is 2.29 bits per heavy atom. The van der Waals surface area contributed by atoms with Gasteiger partial charge in [0, 0.05) is 35.7 Å². The summed E-state index contributed by atoms with van der Waals surface area (Å²) in [6.07, 6.45) is 2.37. The summed E-state index contributed by atoms with van der Waals surface area (Å²) in [5.41, 5.74) is 2.97. The maximum Gasteiger partial charge on any atom is 0.341 e. The molecule has 1 aromatic rings. The van der Waals surface area contributed by atoms with E-state index in [2.05, 4.69) is 27.7 Å². The summed E-state index contributed by atoms with van der Waals surface area (Å²) in [4.78, 5) is 42.2. The van der Waals surface area contributed by atoms with E-state index in [1.165, 1.54) is 0 Å². The number of carbonyl (C=O) groups excluding carboxylic acids is 2. The van der Waals surface area contributed by atoms with Crippen molar-refractivity contribution in [3.05, 3.63) is 41.1 Å². The molecule has 0 aromatic heterocycles. The van der Waals surface area contributed by atoms with Crippen LogP contribution < -0.4 is 4.74 Å². The molecule has 0 amide bonds. The van der Waals surface area contributed by atoms with E-state index in [0.29, 0.717) is 24.2 Å². The molecule has 0 radical (unpaired) electrons. The van der Waals surface area contributed by atoms with E-state index >= 15 is 0 Å². The van der Waals surface area contributed by atoms with Gasteiger partial charge in [-0.1, -0.05) is 39.8 Å². The van der Waals surface area contributed by atoms with E-state index in [0.717, 1.165) is 29.8 Å². The molecule has 1 unspecified atom stereocenters. The fourth-order valence-electron chi connectivity index (χ4n) is 5.29. The van der Waals surface area contributed by atoms with Gasteiger partial charge in [0.25, 0.3) is 0 Å². The fraction of sp³-hybridized carbons (Fsp3) is 0.520. The predicted octanol–water partition coefficient (Wildman–Crippen LogP) is 4.34. The van der Waals surface area contributed by atoms with Crippen LogP contribution in [0.25, 0.3) is 0 Å². The average molecular weight is 424 g/mol. The van der Waals surface area contributed by atoms with Crippen molar-refractivity contribution in [1.82, 2.24) is 0 Å². The molecule has 1 N–H and O–H groups in total. The Morgan fingerprint density at radius 1 is 1.00 bits per heavy atom. The van der Waals surface area contributed by atoms with Crippen molar-refractivity contribution in [2.45, 2.75) is 59.3 Å². The molecule has 164 valence electrons. The van der Waals surface area contributed by atoms with Crippen LogP contribution in [0.4, 0.5) is 0 Å². The summed E-state index contributed by atoms with van der Waals surface area (Å²) < 4.78 is 5.25. The van der Waals surface area contributed by atoms with Crippen molar-refractivity contribution >= 4 is 23.2 Å². The Bertz CT molecular complexity index is 1010. The Kier molecular flexibility index (Phi) is 5.15. The van der Waals surface area contributed by atoms with E-state index in [9.17, 15) is 14.4 Å². The van der Waals surface area contributed by atoms with Crippen LogP contribution in [0.1, 0.15) is 64.9 Å². The number of Topliss-reactive ketones (excluding diaryl/α,β-unsaturated/α-hetero) is 2. The van der Waals surface area contributed by atoms with E-state index in [1.807, 2.05) is 12.1 Å². The smallest absolute Gasteiger partial charge is 0.341 e. The summed E-state index contributed by atoms with van der Waals surface area (Å²) in [6.45, 7) is 7.93. The second-order valence-corrected chi connectivity index (χ2v) is 10.6. The number of ketones is 2. The minimum Gasteiger partial charge on any atom is -0.482 e. The van der Waals surface area contributed by atoms with Gasteiger partial charge in [-0.3, -0.25) is 14.6 Å². The maximum atomic E-state index is 13.3. The quantitative estimate of drug-likeness (QED) is 0.778. The number of allylic oxidation sites excluding steroid dienone is 2. The Hall–Kier alpha value is -2.76. The highest BCUT2D eigenvalue weighted by atomic mass is 16.5. The van der Waals surface area contributed by atoms with Crippen LogP contribution in [-0.2, 0) is 14.4 Å². The van der Waals surface area contributed by atoms with Gasteiger partial charge in [0.2, 0.25) is 0 Å². The standard InChI is InChI=1S/C25H29NO5/c1-24(2)9-16-22(18(27)11-24)21(14-5-7-15(8-6-14)31-13-20(29)30)23-17(26-16)10-25(3,4)12-19(23)28/h5-8,21-22H,9-13H2,1-4H3,(H,29,30)/t21-,22?/m0/s1. The van der Waals surface area contributed by atoms with Crippen LogP contribution in [0.15, 0.2) is 40.5 Å². The summed E-state index contributed by atoms with van der Waals surface area (Å²) >= 11 is 0. The summed E-state index contributed by atoms with van der Waals surface area (Å²) in [7, 11) is 0. The zero-order valence-electron chi connectivity index (χ0n) is 18.5. The Labute approximate surface area is 182 Å². The first-order valence-corrected chi connectivity index (χ1v) is 10.8. The number of hydrogen-bond donors (Lipinski definition) is 1. The lowest BCUT2D eigenvalue weighted by atomic mass is 9.60. The maximum absolute atomic E-state index is 13.3. The highest BCUT2D eigenvalue weighted by Gasteiger charge is 2.49. The van der Waals surface area contributed by atoms with Gasteiger partial charge in [0.05, 0.1) is 5.92 Å². The van der Waals surface area contributed by atoms with Crippen LogP contribution in [0, 0.1) is 16.7 Å². The van der Waals surface area contributed by atoms with Gasteiger partial charge in [-0.2, -0.15) is 0 Å². The number of carboxylic acids is 1. The third kappa shape index (κ3) is 4.21. The van der Waals surface area contributed by atoms with Crippen LogP contribution in [0.3, 0.4) is 0 Å². The number of rotatable bonds is 4. The normalized spacial score (nSPS) is 26.6. The zero-order valence-corrected chi connectivity index (χ0v) is 18.5. The molecule has 0 bridgehead atoms. The van der Waals surface area contributed by atoms with Gasteiger partial charge >= 0.3 is 5.97 Å². The lowest BCUT2D eigenvalue weighted by molar-refractivity contribution is -0.139. The first-order chi connectivity index (χ1) is 14.5. The second kappa shape index (κ2) is 7.43. The molecule has 1 aromatic carbocycles. The zero-order chi connectivity index (χ0) is 22.6. The molecule has 2 aliphatic carbocycles. The number of aliphatic carboxylic acids is 1. The second-order valence-electron chi connectivity index (χ2n) is 10.6. The third-order valence-corrected chi connectivity index (χ3v) is 6.44. The third-order valence-electron chi connectivity index (χ3n) is 6.44. The lowest BCUT2D eigenvalue weighted by Crippen LogP contribution is -2.45. The summed E-state index contributed by atoms with van der Waals surface area (Å²) in [5, 5.41) is 8.82. The molecule has 2 atom stereocenters. The molecule has 31 heavy (non-hydrogen) atoms. The van der Waals surface area contributed by atoms with Crippen LogP contribution in [0.2, 0.25) is 0 Å². The number of nitrogens with zero attached hydrogens (tertiary/aromatic N) is 1. The molecule has 1 heterocycles. The van der Waals surface area contributed by atoms with E-state index in [1.54, 1.807) is 12.1 Å². The molecule has 6 nitrogen and oxygen atoms in total. The minimum absolute atomic E-state index is 0.0721. The van der Waals surface area contributed by atoms with Gasteiger partial charge < -0.3 is 9.84 Å². The fourth-order valence-corrected chi connectivity index (χ4v) is 5.29. The first-order valence-electron chi connectivity index (χ1n) is 10.8. The highest BCUT2D eigenvalue weighted by molar-refractivity contribution is 6.13. The van der Waals surface area contributed by atoms with Gasteiger partial charge in [-0.25, -0.2) is 4.79 Å². The SMILES string of the molecule is CC1(C)CC(=O)C2C(=NC3=C(C(=O)CC(C)(C)C3)[C@H]2c2ccc(OCC(=O)O)cc2)C1. The molecular formula is C25H29NO5. The van der Waals surface area contributed by atoms with E-state index < -0.39 is 18.5 Å². The van der Waals surface area contributed by atoms with Crippen molar-refractivity contribution in [2.75, 3.05) is 6.61 Å². The first kappa shape index (κ1) is 21.5. The number of benzene rings is 1. The molecule has 6 heteroatoms. The van der Waals surface area contributed by atoms with Gasteiger partial charge in [0.15, 0.2) is 12.4 Å². The number of hydrogen-bond acceptors (Lipinski definition) is 5. The molecule has 1 saturated carbocycles. The topological polar surface area (TPSA) is 93.0 Å². The Balaban J connectivity index is 1.78.